The molecule has 1 saturated carbocycles. The van der Waals surface area contributed by atoms with Gasteiger partial charge in [0.1, 0.15) is 12.2 Å². The molecule has 11 nitrogen and oxygen atoms in total. The lowest BCUT2D eigenvalue weighted by molar-refractivity contribution is -0.137. The Labute approximate surface area is 185 Å². The molecule has 1 saturated heterocycles. The van der Waals surface area contributed by atoms with Crippen molar-refractivity contribution < 1.29 is 28.0 Å². The van der Waals surface area contributed by atoms with E-state index < -0.39 is 44.4 Å². The summed E-state index contributed by atoms with van der Waals surface area (Å²) in [5, 5.41) is 25.1. The van der Waals surface area contributed by atoms with Gasteiger partial charge in [-0.25, -0.2) is 15.0 Å². The van der Waals surface area contributed by atoms with Gasteiger partial charge in [-0.2, -0.15) is 0 Å². The Morgan fingerprint density at radius 1 is 1.26 bits per heavy atom. The van der Waals surface area contributed by atoms with Gasteiger partial charge in [0, 0.05) is 40.1 Å². The predicted molar refractivity (Wildman–Crippen MR) is 110 cm³/mol. The zero-order valence-corrected chi connectivity index (χ0v) is 16.1. The fraction of sp³-hybridized carbons (Fsp3) is 0.450. The number of rotatable bonds is 5. The van der Waals surface area contributed by atoms with Crippen molar-refractivity contribution in [1.82, 2.24) is 29.8 Å². The molecule has 2 aliphatic rings. The second kappa shape index (κ2) is 7.52. The molecule has 0 bridgehead atoms. The summed E-state index contributed by atoms with van der Waals surface area (Å²) < 4.78 is 51.2. The molecule has 4 atom stereocenters. The van der Waals surface area contributed by atoms with Crippen LogP contribution in [0.15, 0.2) is 24.8 Å². The van der Waals surface area contributed by atoms with E-state index in [0.717, 1.165) is 18.4 Å². The van der Waals surface area contributed by atoms with Crippen molar-refractivity contribution in [2.24, 2.45) is 0 Å². The van der Waals surface area contributed by atoms with Gasteiger partial charge in [-0.1, -0.05) is 0 Å². The number of ether oxygens (including phenoxy) is 1. The lowest BCUT2D eigenvalue weighted by atomic mass is 10.1. The van der Waals surface area contributed by atoms with Crippen molar-refractivity contribution >= 4 is 22.9 Å². The molecular formula is C20H23N7O4. The smallest absolute Gasteiger partial charge is 0.251 e. The van der Waals surface area contributed by atoms with Gasteiger partial charge in [-0.05, 0) is 30.4 Å². The number of hydrogen-bond acceptors (Lipinski definition) is 9. The zero-order chi connectivity index (χ0) is 26.7. The van der Waals surface area contributed by atoms with E-state index in [0.29, 0.717) is 11.5 Å². The van der Waals surface area contributed by atoms with Crippen molar-refractivity contribution in [1.29, 1.82) is 0 Å². The maximum Gasteiger partial charge on any atom is 0.251 e. The highest BCUT2D eigenvalue weighted by molar-refractivity contribution is 5.85. The Morgan fingerprint density at radius 2 is 2.13 bits per heavy atom. The van der Waals surface area contributed by atoms with E-state index >= 15 is 0 Å². The Hall–Kier alpha value is -3.15. The second-order valence-electron chi connectivity index (χ2n) is 7.54. The first-order valence-electron chi connectivity index (χ1n) is 12.6. The summed E-state index contributed by atoms with van der Waals surface area (Å²) in [4.78, 5) is 29.6. The average molecular weight is 431 g/mol. The van der Waals surface area contributed by atoms with Gasteiger partial charge in [-0.3, -0.25) is 14.3 Å². The summed E-state index contributed by atoms with van der Waals surface area (Å²) in [7, 11) is 0. The molecule has 3 aromatic heterocycles. The third-order valence-electron chi connectivity index (χ3n) is 5.50. The number of carbonyl (C=O) groups is 1. The van der Waals surface area contributed by atoms with Gasteiger partial charge in [0.2, 0.25) is 0 Å². The van der Waals surface area contributed by atoms with Crippen molar-refractivity contribution in [3.8, 4) is 11.4 Å². The fourth-order valence-corrected chi connectivity index (χ4v) is 3.72. The molecule has 0 aromatic carbocycles. The Kier molecular flexibility index (Phi) is 3.40. The van der Waals surface area contributed by atoms with E-state index in [-0.39, 0.29) is 22.8 Å². The molecule has 1 aliphatic carbocycles. The van der Waals surface area contributed by atoms with Crippen LogP contribution in [0.5, 0.6) is 0 Å². The van der Waals surface area contributed by atoms with Crippen LogP contribution in [0.1, 0.15) is 38.8 Å². The van der Waals surface area contributed by atoms with E-state index in [9.17, 15) is 15.0 Å². The quantitative estimate of drug-likeness (QED) is 0.444. The summed E-state index contributed by atoms with van der Waals surface area (Å²) in [5.74, 6) is -0.731. The second-order valence-corrected chi connectivity index (χ2v) is 7.54. The average Bonchev–Trinajstić information content (AvgIpc) is 3.50. The molecule has 4 N–H and O–H groups in total. The number of likely N-dealkylation sites (N-methyl/N-ethyl adjacent to an activating group) is 1. The number of aliphatic hydroxyl groups excluding tert-OH is 2. The van der Waals surface area contributed by atoms with Crippen LogP contribution >= 0.6 is 0 Å². The highest BCUT2D eigenvalue weighted by atomic mass is 16.6. The molecule has 4 heterocycles. The third kappa shape index (κ3) is 3.30. The van der Waals surface area contributed by atoms with Gasteiger partial charge in [0.25, 0.3) is 5.91 Å². The molecule has 162 valence electrons. The summed E-state index contributed by atoms with van der Waals surface area (Å²) in [5.41, 5.74) is 1.60. The first-order chi connectivity index (χ1) is 17.3. The number of carbonyl (C=O) groups excluding carboxylic acids is 1. The van der Waals surface area contributed by atoms with Crippen molar-refractivity contribution in [2.45, 2.75) is 43.3 Å². The summed E-state index contributed by atoms with van der Waals surface area (Å²) >= 11 is 0. The van der Waals surface area contributed by atoms with E-state index in [1.807, 2.05) is 6.07 Å². The predicted octanol–water partition coefficient (Wildman–Crippen LogP) is 0.173. The maximum atomic E-state index is 12.3. The standard InChI is InChI=1S/C20H23N7O4/c1-21-17-12-18(26-16(25-17)11-5-10(6-23-7-11)9-3-4-9)27(8-24-12)20-14(29)13(28)15(31-20)19(30)22-2/h5-9,13-15,20,28-29H,3-4H2,1-2H3,(H,22,30)(H,21,25,26)/t13-,14+,15-,20+/m0/s1/i1D3,2D3. The Bertz CT molecular complexity index is 1340. The van der Waals surface area contributed by atoms with Crippen LogP contribution in [0.3, 0.4) is 0 Å². The SMILES string of the molecule is [2H]C([2H])([2H])NC(=O)[C@H]1O[C@@H](n2cnc3c(NC([2H])([2H])[2H])nc(-c4cncc(C5CC5)c4)nc32)[C@H](O)[C@@H]1O. The van der Waals surface area contributed by atoms with E-state index in [1.165, 1.54) is 17.1 Å². The molecule has 1 amide bonds. The molecule has 0 spiro atoms. The molecule has 11 heteroatoms. The topological polar surface area (TPSA) is 147 Å². The van der Waals surface area contributed by atoms with Crippen LogP contribution in [0.2, 0.25) is 0 Å². The maximum absolute atomic E-state index is 12.3. The van der Waals surface area contributed by atoms with E-state index in [1.54, 1.807) is 11.5 Å². The molecule has 0 unspecified atom stereocenters. The van der Waals surface area contributed by atoms with Crippen LogP contribution in [0.25, 0.3) is 22.6 Å². The minimum Gasteiger partial charge on any atom is -0.387 e. The van der Waals surface area contributed by atoms with Gasteiger partial charge < -0.3 is 25.6 Å². The van der Waals surface area contributed by atoms with Crippen molar-refractivity contribution in [3.05, 3.63) is 30.4 Å². The number of pyridine rings is 1. The normalized spacial score (nSPS) is 29.4. The van der Waals surface area contributed by atoms with E-state index in [2.05, 4.69) is 25.3 Å². The number of aromatic nitrogens is 5. The number of imidazole rings is 1. The van der Waals surface area contributed by atoms with Crippen LogP contribution in [-0.4, -0.2) is 72.9 Å². The number of hydrogen-bond donors (Lipinski definition) is 4. The van der Waals surface area contributed by atoms with Gasteiger partial charge in [0.05, 0.1) is 6.33 Å². The molecular weight excluding hydrogens is 402 g/mol. The van der Waals surface area contributed by atoms with Crippen molar-refractivity contribution in [2.75, 3.05) is 19.3 Å². The summed E-state index contributed by atoms with van der Waals surface area (Å²) in [6.07, 6.45) is 0.0426. The van der Waals surface area contributed by atoms with Gasteiger partial charge >= 0.3 is 0 Å². The minimum absolute atomic E-state index is 0.0341. The minimum atomic E-state index is -2.83. The first kappa shape index (κ1) is 14.0. The number of anilines is 1. The van der Waals surface area contributed by atoms with Crippen LogP contribution in [-0.2, 0) is 9.53 Å². The van der Waals surface area contributed by atoms with E-state index in [4.69, 9.17) is 13.0 Å². The zero-order valence-electron chi connectivity index (χ0n) is 22.1. The largest absolute Gasteiger partial charge is 0.387 e. The van der Waals surface area contributed by atoms with Crippen molar-refractivity contribution in [3.63, 3.8) is 0 Å². The fourth-order valence-electron chi connectivity index (χ4n) is 3.72. The summed E-state index contributed by atoms with van der Waals surface area (Å²) in [6, 6.07) is 1.87. The molecule has 1 aliphatic heterocycles. The third-order valence-corrected chi connectivity index (χ3v) is 5.50. The van der Waals surface area contributed by atoms with Gasteiger partial charge in [-0.15, -0.1) is 0 Å². The molecule has 2 fully saturated rings. The Balaban J connectivity index is 1.56. The number of fused-ring (bicyclic) bond motifs is 1. The lowest BCUT2D eigenvalue weighted by Crippen LogP contribution is -2.41. The van der Waals surface area contributed by atoms with Crippen LogP contribution in [0.4, 0.5) is 5.82 Å². The molecule has 31 heavy (non-hydrogen) atoms. The first-order valence-corrected chi connectivity index (χ1v) is 9.62. The lowest BCUT2D eigenvalue weighted by Gasteiger charge is -2.17. The monoisotopic (exact) mass is 431 g/mol. The number of aliphatic hydroxyl groups is 2. The molecule has 0 radical (unpaired) electrons. The summed E-state index contributed by atoms with van der Waals surface area (Å²) in [6.45, 7) is -5.44. The van der Waals surface area contributed by atoms with Crippen LogP contribution in [0, 0.1) is 0 Å². The Morgan fingerprint density at radius 3 is 2.90 bits per heavy atom. The highest BCUT2D eigenvalue weighted by Crippen LogP contribution is 2.40. The highest BCUT2D eigenvalue weighted by Gasteiger charge is 2.47. The van der Waals surface area contributed by atoms with Crippen LogP contribution < -0.4 is 10.6 Å². The molecule has 5 rings (SSSR count). The number of nitrogens with zero attached hydrogens (tertiary/aromatic N) is 5. The molecule has 3 aromatic rings. The number of nitrogens with one attached hydrogen (secondary N) is 2. The van der Waals surface area contributed by atoms with Gasteiger partial charge in [0.15, 0.2) is 35.1 Å². The number of amides is 1.